The van der Waals surface area contributed by atoms with Crippen LogP contribution in [0.15, 0.2) is 18.2 Å². The number of halogens is 4. The van der Waals surface area contributed by atoms with Crippen molar-refractivity contribution in [3.63, 3.8) is 0 Å². The van der Waals surface area contributed by atoms with Gasteiger partial charge in [0, 0.05) is 0 Å². The van der Waals surface area contributed by atoms with Gasteiger partial charge in [0.2, 0.25) is 5.91 Å². The molecule has 0 aliphatic heterocycles. The van der Waals surface area contributed by atoms with Crippen LogP contribution < -0.4 is 5.32 Å². The summed E-state index contributed by atoms with van der Waals surface area (Å²) in [5, 5.41) is 11.1. The fourth-order valence-electron chi connectivity index (χ4n) is 1.34. The van der Waals surface area contributed by atoms with Gasteiger partial charge in [-0.3, -0.25) is 4.79 Å². The third kappa shape index (κ3) is 3.42. The predicted molar refractivity (Wildman–Crippen MR) is 69.1 cm³/mol. The Kier molecular flexibility index (Phi) is 4.66. The SMILES string of the molecule is CCC(C)(C#N)C(=O)Nc1ccc(C(F)(F)F)cc1Cl. The van der Waals surface area contributed by atoms with Crippen molar-refractivity contribution in [1.82, 2.24) is 0 Å². The highest BCUT2D eigenvalue weighted by molar-refractivity contribution is 6.33. The van der Waals surface area contributed by atoms with E-state index in [1.54, 1.807) is 6.92 Å². The minimum atomic E-state index is -4.50. The Morgan fingerprint density at radius 3 is 2.45 bits per heavy atom. The number of amides is 1. The van der Waals surface area contributed by atoms with Crippen LogP contribution in [0, 0.1) is 16.7 Å². The van der Waals surface area contributed by atoms with Crippen LogP contribution in [0.1, 0.15) is 25.8 Å². The van der Waals surface area contributed by atoms with Crippen LogP contribution in [-0.4, -0.2) is 5.91 Å². The van der Waals surface area contributed by atoms with E-state index in [9.17, 15) is 18.0 Å². The first-order valence-electron chi connectivity index (χ1n) is 5.73. The summed E-state index contributed by atoms with van der Waals surface area (Å²) in [6.07, 6.45) is -4.23. The Morgan fingerprint density at radius 2 is 2.05 bits per heavy atom. The van der Waals surface area contributed by atoms with Crippen molar-refractivity contribution < 1.29 is 18.0 Å². The summed E-state index contributed by atoms with van der Waals surface area (Å²) >= 11 is 5.72. The van der Waals surface area contributed by atoms with Gasteiger partial charge in [0.05, 0.1) is 22.3 Å². The van der Waals surface area contributed by atoms with Crippen LogP contribution in [0.5, 0.6) is 0 Å². The number of carbonyl (C=O) groups excluding carboxylic acids is 1. The van der Waals surface area contributed by atoms with Gasteiger partial charge in [-0.25, -0.2) is 0 Å². The fraction of sp³-hybridized carbons (Fsp3) is 0.385. The lowest BCUT2D eigenvalue weighted by Gasteiger charge is -2.19. The molecule has 20 heavy (non-hydrogen) atoms. The lowest BCUT2D eigenvalue weighted by atomic mass is 9.88. The van der Waals surface area contributed by atoms with E-state index in [2.05, 4.69) is 5.32 Å². The van der Waals surface area contributed by atoms with Gasteiger partial charge >= 0.3 is 6.18 Å². The number of nitrogens with zero attached hydrogens (tertiary/aromatic N) is 1. The van der Waals surface area contributed by atoms with Gasteiger partial charge in [0.15, 0.2) is 0 Å². The van der Waals surface area contributed by atoms with Crippen LogP contribution in [0.4, 0.5) is 18.9 Å². The predicted octanol–water partition coefficient (Wildman–Crippen LogP) is 4.24. The molecule has 7 heteroatoms. The van der Waals surface area contributed by atoms with Crippen molar-refractivity contribution >= 4 is 23.2 Å². The summed E-state index contributed by atoms with van der Waals surface area (Å²) < 4.78 is 37.4. The molecule has 1 atom stereocenters. The molecule has 0 aliphatic carbocycles. The number of anilines is 1. The Hall–Kier alpha value is -1.74. The van der Waals surface area contributed by atoms with Gasteiger partial charge in [-0.05, 0) is 31.5 Å². The van der Waals surface area contributed by atoms with Gasteiger partial charge in [-0.2, -0.15) is 18.4 Å². The van der Waals surface area contributed by atoms with Gasteiger partial charge in [-0.15, -0.1) is 0 Å². The molecule has 0 saturated carbocycles. The molecular formula is C13H12ClF3N2O. The van der Waals surface area contributed by atoms with Gasteiger partial charge in [0.1, 0.15) is 5.41 Å². The van der Waals surface area contributed by atoms with E-state index >= 15 is 0 Å². The van der Waals surface area contributed by atoms with Gasteiger partial charge in [-0.1, -0.05) is 18.5 Å². The maximum Gasteiger partial charge on any atom is 0.416 e. The maximum atomic E-state index is 12.5. The van der Waals surface area contributed by atoms with Crippen LogP contribution >= 0.6 is 11.6 Å². The second-order valence-electron chi connectivity index (χ2n) is 4.44. The molecule has 108 valence electrons. The molecule has 1 aromatic carbocycles. The molecule has 0 radical (unpaired) electrons. The molecule has 3 nitrogen and oxygen atoms in total. The zero-order valence-electron chi connectivity index (χ0n) is 10.8. The lowest BCUT2D eigenvalue weighted by Crippen LogP contribution is -2.31. The molecule has 0 aliphatic rings. The van der Waals surface area contributed by atoms with Crippen molar-refractivity contribution in [2.75, 3.05) is 5.32 Å². The van der Waals surface area contributed by atoms with Crippen LogP contribution in [0.3, 0.4) is 0 Å². The van der Waals surface area contributed by atoms with E-state index in [-0.39, 0.29) is 17.1 Å². The van der Waals surface area contributed by atoms with Gasteiger partial charge < -0.3 is 5.32 Å². The second kappa shape index (κ2) is 5.71. The Balaban J connectivity index is 3.02. The number of benzene rings is 1. The third-order valence-corrected chi connectivity index (χ3v) is 3.31. The standard InChI is InChI=1S/C13H12ClF3N2O/c1-3-12(2,7-18)11(20)19-10-5-4-8(6-9(10)14)13(15,16)17/h4-6H,3H2,1-2H3,(H,19,20). The minimum Gasteiger partial charge on any atom is -0.323 e. The molecule has 0 fully saturated rings. The second-order valence-corrected chi connectivity index (χ2v) is 4.85. The molecule has 1 N–H and O–H groups in total. The summed E-state index contributed by atoms with van der Waals surface area (Å²) in [5.41, 5.74) is -2.12. The minimum absolute atomic E-state index is 0.0413. The zero-order valence-corrected chi connectivity index (χ0v) is 11.6. The first-order chi connectivity index (χ1) is 9.14. The average Bonchev–Trinajstić information content (AvgIpc) is 2.38. The maximum absolute atomic E-state index is 12.5. The Morgan fingerprint density at radius 1 is 1.45 bits per heavy atom. The lowest BCUT2D eigenvalue weighted by molar-refractivity contribution is -0.137. The molecule has 1 amide bonds. The van der Waals surface area contributed by atoms with E-state index in [4.69, 9.17) is 16.9 Å². The van der Waals surface area contributed by atoms with Crippen molar-refractivity contribution in [3.8, 4) is 6.07 Å². The normalized spacial score (nSPS) is 14.2. The van der Waals surface area contributed by atoms with Crippen molar-refractivity contribution in [2.24, 2.45) is 5.41 Å². The molecular weight excluding hydrogens is 293 g/mol. The number of hydrogen-bond donors (Lipinski definition) is 1. The number of carbonyl (C=O) groups is 1. The Bertz CT molecular complexity index is 566. The highest BCUT2D eigenvalue weighted by Gasteiger charge is 2.33. The number of alkyl halides is 3. The average molecular weight is 305 g/mol. The first-order valence-corrected chi connectivity index (χ1v) is 6.11. The number of nitrogens with one attached hydrogen (secondary N) is 1. The summed E-state index contributed by atoms with van der Waals surface area (Å²) in [7, 11) is 0. The van der Waals surface area contributed by atoms with E-state index in [1.807, 2.05) is 6.07 Å². The summed E-state index contributed by atoms with van der Waals surface area (Å²) in [5.74, 6) is -0.607. The first kappa shape index (κ1) is 16.3. The molecule has 1 aromatic rings. The molecule has 0 heterocycles. The van der Waals surface area contributed by atoms with E-state index in [0.29, 0.717) is 0 Å². The summed E-state index contributed by atoms with van der Waals surface area (Å²) in [4.78, 5) is 11.9. The summed E-state index contributed by atoms with van der Waals surface area (Å²) in [6.45, 7) is 3.11. The topological polar surface area (TPSA) is 52.9 Å². The third-order valence-electron chi connectivity index (χ3n) is 3.00. The van der Waals surface area contributed by atoms with Crippen molar-refractivity contribution in [2.45, 2.75) is 26.4 Å². The van der Waals surface area contributed by atoms with E-state index in [0.717, 1.165) is 18.2 Å². The Labute approximate surface area is 119 Å². The van der Waals surface area contributed by atoms with Crippen molar-refractivity contribution in [1.29, 1.82) is 5.26 Å². The molecule has 1 unspecified atom stereocenters. The smallest absolute Gasteiger partial charge is 0.323 e. The zero-order chi connectivity index (χ0) is 15.6. The molecule has 0 saturated heterocycles. The quantitative estimate of drug-likeness (QED) is 0.908. The van der Waals surface area contributed by atoms with Crippen LogP contribution in [0.2, 0.25) is 5.02 Å². The molecule has 0 spiro atoms. The number of hydrogen-bond acceptors (Lipinski definition) is 2. The molecule has 0 aromatic heterocycles. The van der Waals surface area contributed by atoms with E-state index < -0.39 is 23.1 Å². The van der Waals surface area contributed by atoms with Crippen LogP contribution in [0.25, 0.3) is 0 Å². The summed E-state index contributed by atoms with van der Waals surface area (Å²) in [6, 6.07) is 4.48. The molecule has 0 bridgehead atoms. The monoisotopic (exact) mass is 304 g/mol. The van der Waals surface area contributed by atoms with Gasteiger partial charge in [0.25, 0.3) is 0 Å². The van der Waals surface area contributed by atoms with Crippen LogP contribution in [-0.2, 0) is 11.0 Å². The van der Waals surface area contributed by atoms with E-state index in [1.165, 1.54) is 6.92 Å². The fourth-order valence-corrected chi connectivity index (χ4v) is 1.57. The highest BCUT2D eigenvalue weighted by Crippen LogP contribution is 2.34. The largest absolute Gasteiger partial charge is 0.416 e. The number of nitriles is 1. The van der Waals surface area contributed by atoms with Crippen molar-refractivity contribution in [3.05, 3.63) is 28.8 Å². The number of rotatable bonds is 3. The highest BCUT2D eigenvalue weighted by atomic mass is 35.5. The molecule has 1 rings (SSSR count).